The number of nitrogens with one attached hydrogen (secondary N) is 3. The Hall–Kier alpha value is -2.40. The highest BCUT2D eigenvalue weighted by molar-refractivity contribution is 7.89. The topological polar surface area (TPSA) is 262 Å². The molecule has 3 aliphatic heterocycles. The molecule has 18 heteroatoms. The van der Waals surface area contributed by atoms with Crippen molar-refractivity contribution < 1.29 is 42.7 Å². The van der Waals surface area contributed by atoms with Crippen LogP contribution in [0.4, 0.5) is 0 Å². The first-order chi connectivity index (χ1) is 25.3. The number of nitrogens with zero attached hydrogens (tertiary/aromatic N) is 2. The Morgan fingerprint density at radius 2 is 1.87 bits per heavy atom. The molecule has 53 heavy (non-hydrogen) atoms. The van der Waals surface area contributed by atoms with Crippen LogP contribution < -0.4 is 33.2 Å². The Morgan fingerprint density at radius 1 is 1.09 bits per heavy atom. The molecule has 12 N–H and O–H groups in total. The summed E-state index contributed by atoms with van der Waals surface area (Å²) < 4.78 is 50.8. The van der Waals surface area contributed by atoms with Gasteiger partial charge in [0, 0.05) is 54.9 Å². The molecule has 11 atom stereocenters. The van der Waals surface area contributed by atoms with E-state index in [1.54, 1.807) is 48.9 Å². The number of benzene rings is 1. The van der Waals surface area contributed by atoms with Crippen LogP contribution >= 0.6 is 0 Å². The van der Waals surface area contributed by atoms with E-state index in [2.05, 4.69) is 20.9 Å². The lowest BCUT2D eigenvalue weighted by atomic mass is 9.83. The number of nitrogens with two attached hydrogens (primary N) is 3. The molecule has 0 bridgehead atoms. The summed E-state index contributed by atoms with van der Waals surface area (Å²) in [6, 6.07) is 5.14. The van der Waals surface area contributed by atoms with Gasteiger partial charge in [0.05, 0.1) is 30.1 Å². The highest BCUT2D eigenvalue weighted by Crippen LogP contribution is 2.32. The van der Waals surface area contributed by atoms with E-state index in [1.807, 2.05) is 19.1 Å². The molecule has 0 radical (unpaired) electrons. The molecule has 4 aliphatic rings. The van der Waals surface area contributed by atoms with Gasteiger partial charge in [-0.2, -0.15) is 4.31 Å². The van der Waals surface area contributed by atoms with Gasteiger partial charge in [0.2, 0.25) is 16.3 Å². The van der Waals surface area contributed by atoms with Crippen LogP contribution in [0, 0.1) is 0 Å². The fourth-order valence-electron chi connectivity index (χ4n) is 7.38. The zero-order valence-corrected chi connectivity index (χ0v) is 31.5. The Labute approximate surface area is 311 Å². The standard InChI is InChI=1S/C21H41N5O7.C14H17N3O2S/c1-4-26-13-7-12(24)16(32-19-11(23)6-5-10(8-22)31-19)14(27)17(13)33-20-15(28)18(25-3)21(2,29)9-30-20;18-20(19,17-9-2-6-15-8-10-17)14-4-1-3-12-11-16-7-5-13(12)14/h5,11-20,25-29H,4,6-9,22-24H2,1-3H3;1,3-5,7,11,15H,2,6,8-10H2/t11?,12-,13+,14-,15+,16+,17-,18+,19?,20+,21-;/m0./s1. The summed E-state index contributed by atoms with van der Waals surface area (Å²) in [6.07, 6.45) is 1.11. The zero-order valence-electron chi connectivity index (χ0n) is 30.7. The Bertz CT molecular complexity index is 1610. The number of likely N-dealkylation sites (N-methyl/N-ethyl adjacent to an activating group) is 2. The largest absolute Gasteiger partial charge is 0.467 e. The number of rotatable bonds is 10. The molecule has 2 saturated heterocycles. The van der Waals surface area contributed by atoms with Crippen LogP contribution in [0.3, 0.4) is 0 Å². The van der Waals surface area contributed by atoms with Crippen LogP contribution in [0.25, 0.3) is 10.8 Å². The van der Waals surface area contributed by atoms with Crippen LogP contribution in [0.5, 0.6) is 0 Å². The SMILES string of the molecule is CCN[C@@H]1C[C@H](N)[C@@H](OC2OC(CN)=CCC2N)[C@H](O)[C@H]1O[C@H]1OC[C@](C)(O)[C@H](NC)[C@H]1O.O=S(=O)(c1cccc2cnccc12)N1CCCNCC1. The fraction of sp³-hybridized carbons (Fsp3) is 0.686. The molecule has 4 heterocycles. The van der Waals surface area contributed by atoms with Crippen molar-refractivity contribution in [3.05, 3.63) is 48.5 Å². The Balaban J connectivity index is 0.000000230. The van der Waals surface area contributed by atoms with Gasteiger partial charge in [-0.15, -0.1) is 0 Å². The van der Waals surface area contributed by atoms with Crippen LogP contribution in [0.15, 0.2) is 53.4 Å². The lowest BCUT2D eigenvalue weighted by Gasteiger charge is -2.49. The highest BCUT2D eigenvalue weighted by atomic mass is 32.2. The third-order valence-corrected chi connectivity index (χ3v) is 12.2. The molecular weight excluding hydrogens is 708 g/mol. The highest BCUT2D eigenvalue weighted by Gasteiger charge is 2.51. The number of aliphatic hydroxyl groups excluding tert-OH is 2. The summed E-state index contributed by atoms with van der Waals surface area (Å²) in [6.45, 7) is 6.95. The van der Waals surface area contributed by atoms with E-state index in [4.69, 9.17) is 36.1 Å². The average Bonchev–Trinajstić information content (AvgIpc) is 3.44. The minimum absolute atomic E-state index is 0.0483. The monoisotopic (exact) mass is 766 g/mol. The molecule has 1 aromatic carbocycles. The maximum atomic E-state index is 12.8. The van der Waals surface area contributed by atoms with Gasteiger partial charge in [0.25, 0.3) is 0 Å². The van der Waals surface area contributed by atoms with Gasteiger partial charge in [-0.3, -0.25) is 4.98 Å². The molecule has 298 valence electrons. The molecule has 6 rings (SSSR count). The second-order valence-corrected chi connectivity index (χ2v) is 16.1. The molecule has 1 saturated carbocycles. The molecule has 1 aliphatic carbocycles. The van der Waals surface area contributed by atoms with E-state index in [-0.39, 0.29) is 19.2 Å². The van der Waals surface area contributed by atoms with Crippen molar-refractivity contribution in [3.63, 3.8) is 0 Å². The molecular formula is C35H58N8O9S. The summed E-state index contributed by atoms with van der Waals surface area (Å²) in [5, 5.41) is 43.6. The maximum Gasteiger partial charge on any atom is 0.243 e. The van der Waals surface area contributed by atoms with Crippen molar-refractivity contribution in [2.75, 3.05) is 52.9 Å². The Kier molecular flexibility index (Phi) is 14.6. The minimum atomic E-state index is -3.45. The van der Waals surface area contributed by atoms with E-state index >= 15 is 0 Å². The summed E-state index contributed by atoms with van der Waals surface area (Å²) >= 11 is 0. The van der Waals surface area contributed by atoms with E-state index < -0.39 is 70.7 Å². The van der Waals surface area contributed by atoms with Crippen molar-refractivity contribution in [1.29, 1.82) is 0 Å². The van der Waals surface area contributed by atoms with E-state index in [1.165, 1.54) is 0 Å². The lowest BCUT2D eigenvalue weighted by Crippen LogP contribution is -2.69. The van der Waals surface area contributed by atoms with Gasteiger partial charge < -0.3 is 67.4 Å². The molecule has 0 amide bonds. The van der Waals surface area contributed by atoms with Gasteiger partial charge in [-0.05, 0) is 64.5 Å². The smallest absolute Gasteiger partial charge is 0.243 e. The van der Waals surface area contributed by atoms with Crippen molar-refractivity contribution in [3.8, 4) is 0 Å². The van der Waals surface area contributed by atoms with Gasteiger partial charge in [-0.1, -0.05) is 19.1 Å². The quantitative estimate of drug-likeness (QED) is 0.127. The van der Waals surface area contributed by atoms with Crippen molar-refractivity contribution in [1.82, 2.24) is 25.2 Å². The number of hydrogen-bond donors (Lipinski definition) is 9. The van der Waals surface area contributed by atoms with Crippen molar-refractivity contribution in [2.24, 2.45) is 17.2 Å². The molecule has 17 nitrogen and oxygen atoms in total. The second kappa shape index (κ2) is 18.5. The van der Waals surface area contributed by atoms with E-state index in [9.17, 15) is 23.7 Å². The second-order valence-electron chi connectivity index (χ2n) is 14.2. The molecule has 0 spiro atoms. The lowest BCUT2D eigenvalue weighted by molar-refractivity contribution is -0.304. The van der Waals surface area contributed by atoms with Gasteiger partial charge >= 0.3 is 0 Å². The van der Waals surface area contributed by atoms with Crippen LogP contribution in [-0.2, 0) is 29.0 Å². The summed E-state index contributed by atoms with van der Waals surface area (Å²) in [7, 11) is -1.81. The summed E-state index contributed by atoms with van der Waals surface area (Å²) in [4.78, 5) is 4.42. The Morgan fingerprint density at radius 3 is 2.60 bits per heavy atom. The van der Waals surface area contributed by atoms with Crippen LogP contribution in [-0.4, -0.2) is 153 Å². The third-order valence-electron chi connectivity index (χ3n) is 10.2. The number of ether oxygens (including phenoxy) is 4. The van der Waals surface area contributed by atoms with Crippen molar-refractivity contribution in [2.45, 2.75) is 105 Å². The predicted molar refractivity (Wildman–Crippen MR) is 198 cm³/mol. The number of pyridine rings is 1. The first-order valence-electron chi connectivity index (χ1n) is 18.3. The minimum Gasteiger partial charge on any atom is -0.467 e. The first kappa shape index (κ1) is 41.8. The zero-order chi connectivity index (χ0) is 38.3. The molecule has 2 unspecified atom stereocenters. The number of aliphatic hydroxyl groups is 3. The van der Waals surface area contributed by atoms with Crippen molar-refractivity contribution >= 4 is 20.8 Å². The molecule has 1 aromatic heterocycles. The first-order valence-corrected chi connectivity index (χ1v) is 19.8. The number of sulfonamides is 1. The van der Waals surface area contributed by atoms with Crippen LogP contribution in [0.2, 0.25) is 0 Å². The van der Waals surface area contributed by atoms with E-state index in [0.29, 0.717) is 49.7 Å². The molecule has 3 fully saturated rings. The summed E-state index contributed by atoms with van der Waals surface area (Å²) in [5.74, 6) is 0.572. The molecule has 2 aromatic rings. The number of aromatic nitrogens is 1. The number of fused-ring (bicyclic) bond motifs is 1. The van der Waals surface area contributed by atoms with Gasteiger partial charge in [0.1, 0.15) is 35.8 Å². The maximum absolute atomic E-state index is 12.8. The van der Waals surface area contributed by atoms with Gasteiger partial charge in [0.15, 0.2) is 6.29 Å². The average molecular weight is 767 g/mol. The fourth-order valence-corrected chi connectivity index (χ4v) is 9.07. The van der Waals surface area contributed by atoms with E-state index in [0.717, 1.165) is 23.7 Å². The predicted octanol–water partition coefficient (Wildman–Crippen LogP) is -1.98. The summed E-state index contributed by atoms with van der Waals surface area (Å²) in [5.41, 5.74) is 16.9. The third kappa shape index (κ3) is 9.71. The number of hydrogen-bond acceptors (Lipinski definition) is 16. The normalized spacial score (nSPS) is 35.8. The van der Waals surface area contributed by atoms with Gasteiger partial charge in [-0.25, -0.2) is 8.42 Å². The van der Waals surface area contributed by atoms with Crippen LogP contribution in [0.1, 0.15) is 33.1 Å².